The molecular formula is C10H20N2OSi. The average molecular weight is 212 g/mol. The molecule has 1 N–H and O–H groups in total. The molecular weight excluding hydrogens is 192 g/mol. The maximum atomic E-state index is 5.56. The van der Waals surface area contributed by atoms with E-state index in [2.05, 4.69) is 25.1 Å². The average Bonchev–Trinajstić information content (AvgIpc) is 2.13. The Balaban J connectivity index is 2.04. The SMILES string of the molecule is C[Si](C)(C)CCOCN1C=CC=CN1. The van der Waals surface area contributed by atoms with Crippen LogP contribution in [0.1, 0.15) is 0 Å². The zero-order chi connectivity index (χ0) is 10.4. The Morgan fingerprint density at radius 3 is 2.64 bits per heavy atom. The van der Waals surface area contributed by atoms with Crippen LogP contribution in [0.25, 0.3) is 0 Å². The summed E-state index contributed by atoms with van der Waals surface area (Å²) in [6.07, 6.45) is 7.80. The molecule has 0 radical (unpaired) electrons. The van der Waals surface area contributed by atoms with E-state index in [9.17, 15) is 0 Å². The van der Waals surface area contributed by atoms with Crippen LogP contribution in [0.3, 0.4) is 0 Å². The zero-order valence-electron chi connectivity index (χ0n) is 9.29. The van der Waals surface area contributed by atoms with Gasteiger partial charge in [-0.1, -0.05) is 19.6 Å². The number of rotatable bonds is 5. The second kappa shape index (κ2) is 5.22. The van der Waals surface area contributed by atoms with Gasteiger partial charge in [-0.3, -0.25) is 5.01 Å². The molecule has 1 heterocycles. The molecule has 1 aliphatic rings. The van der Waals surface area contributed by atoms with E-state index in [1.165, 1.54) is 6.04 Å². The first kappa shape index (κ1) is 11.3. The van der Waals surface area contributed by atoms with Crippen molar-refractivity contribution in [1.82, 2.24) is 10.4 Å². The maximum absolute atomic E-state index is 5.56. The summed E-state index contributed by atoms with van der Waals surface area (Å²) in [6.45, 7) is 8.56. The van der Waals surface area contributed by atoms with Gasteiger partial charge in [-0.15, -0.1) is 0 Å². The highest BCUT2D eigenvalue weighted by atomic mass is 28.3. The van der Waals surface area contributed by atoms with Crippen LogP contribution in [0.5, 0.6) is 0 Å². The third-order valence-electron chi connectivity index (χ3n) is 1.94. The Kier molecular flexibility index (Phi) is 4.22. The monoisotopic (exact) mass is 212 g/mol. The molecule has 0 aromatic rings. The van der Waals surface area contributed by atoms with E-state index in [0.717, 1.165) is 6.61 Å². The van der Waals surface area contributed by atoms with Gasteiger partial charge >= 0.3 is 0 Å². The van der Waals surface area contributed by atoms with Gasteiger partial charge in [0.1, 0.15) is 6.73 Å². The number of nitrogens with one attached hydrogen (secondary N) is 1. The second-order valence-corrected chi connectivity index (χ2v) is 10.3. The van der Waals surface area contributed by atoms with Crippen molar-refractivity contribution in [3.63, 3.8) is 0 Å². The van der Waals surface area contributed by atoms with Gasteiger partial charge < -0.3 is 10.2 Å². The molecule has 0 bridgehead atoms. The molecule has 1 aliphatic heterocycles. The molecule has 0 aromatic carbocycles. The lowest BCUT2D eigenvalue weighted by Gasteiger charge is -2.22. The van der Waals surface area contributed by atoms with Crippen molar-refractivity contribution in [2.45, 2.75) is 25.7 Å². The Bertz CT molecular complexity index is 221. The van der Waals surface area contributed by atoms with Gasteiger partial charge in [0.2, 0.25) is 0 Å². The predicted octanol–water partition coefficient (Wildman–Crippen LogP) is 2.15. The van der Waals surface area contributed by atoms with Crippen molar-refractivity contribution >= 4 is 8.07 Å². The third kappa shape index (κ3) is 5.09. The highest BCUT2D eigenvalue weighted by Crippen LogP contribution is 2.07. The minimum absolute atomic E-state index is 0.616. The molecule has 0 unspecified atom stereocenters. The van der Waals surface area contributed by atoms with Crippen LogP contribution in [-0.4, -0.2) is 26.4 Å². The fourth-order valence-corrected chi connectivity index (χ4v) is 1.77. The third-order valence-corrected chi connectivity index (χ3v) is 3.64. The highest BCUT2D eigenvalue weighted by molar-refractivity contribution is 6.76. The van der Waals surface area contributed by atoms with Gasteiger partial charge in [0.15, 0.2) is 0 Å². The summed E-state index contributed by atoms with van der Waals surface area (Å²) in [5.41, 5.74) is 3.07. The Hall–Kier alpha value is -0.743. The minimum Gasteiger partial charge on any atom is -0.360 e. The molecule has 0 aromatic heterocycles. The molecule has 80 valence electrons. The van der Waals surface area contributed by atoms with Crippen molar-refractivity contribution in [1.29, 1.82) is 0 Å². The molecule has 14 heavy (non-hydrogen) atoms. The predicted molar refractivity (Wildman–Crippen MR) is 62.2 cm³/mol. The number of hydrogen-bond acceptors (Lipinski definition) is 3. The molecule has 0 aliphatic carbocycles. The van der Waals surface area contributed by atoms with E-state index in [0.29, 0.717) is 6.73 Å². The van der Waals surface area contributed by atoms with Crippen LogP contribution >= 0.6 is 0 Å². The van der Waals surface area contributed by atoms with Gasteiger partial charge in [0, 0.05) is 27.1 Å². The molecule has 3 nitrogen and oxygen atoms in total. The summed E-state index contributed by atoms with van der Waals surface area (Å²) in [5, 5.41) is 1.92. The van der Waals surface area contributed by atoms with E-state index in [1.54, 1.807) is 0 Å². The van der Waals surface area contributed by atoms with E-state index in [-0.39, 0.29) is 0 Å². The van der Waals surface area contributed by atoms with Crippen LogP contribution in [-0.2, 0) is 4.74 Å². The maximum Gasteiger partial charge on any atom is 0.137 e. The topological polar surface area (TPSA) is 24.5 Å². The minimum atomic E-state index is -0.940. The van der Waals surface area contributed by atoms with Crippen LogP contribution < -0.4 is 5.43 Å². The largest absolute Gasteiger partial charge is 0.360 e. The lowest BCUT2D eigenvalue weighted by Crippen LogP contribution is -2.33. The molecule has 1 rings (SSSR count). The summed E-state index contributed by atoms with van der Waals surface area (Å²) >= 11 is 0. The molecule has 0 amide bonds. The molecule has 0 saturated carbocycles. The molecule has 4 heteroatoms. The number of nitrogens with zero attached hydrogens (tertiary/aromatic N) is 1. The molecule has 0 fully saturated rings. The number of hydrogen-bond donors (Lipinski definition) is 1. The second-order valence-electron chi connectivity index (χ2n) is 4.65. The van der Waals surface area contributed by atoms with Crippen LogP contribution in [0, 0.1) is 0 Å². The van der Waals surface area contributed by atoms with E-state index in [4.69, 9.17) is 4.74 Å². The van der Waals surface area contributed by atoms with Gasteiger partial charge in [0.25, 0.3) is 0 Å². The number of allylic oxidation sites excluding steroid dienone is 2. The van der Waals surface area contributed by atoms with E-state index in [1.807, 2.05) is 29.6 Å². The fourth-order valence-electron chi connectivity index (χ4n) is 1.01. The van der Waals surface area contributed by atoms with Crippen molar-refractivity contribution in [3.8, 4) is 0 Å². The summed E-state index contributed by atoms with van der Waals surface area (Å²) in [7, 11) is -0.940. The first-order valence-electron chi connectivity index (χ1n) is 5.02. The lowest BCUT2D eigenvalue weighted by atomic mass is 10.5. The van der Waals surface area contributed by atoms with Crippen molar-refractivity contribution in [3.05, 3.63) is 24.6 Å². The number of hydrazine groups is 1. The van der Waals surface area contributed by atoms with Crippen LogP contribution in [0.15, 0.2) is 24.6 Å². The van der Waals surface area contributed by atoms with Crippen molar-refractivity contribution in [2.75, 3.05) is 13.3 Å². The van der Waals surface area contributed by atoms with Gasteiger partial charge in [-0.25, -0.2) is 0 Å². The summed E-state index contributed by atoms with van der Waals surface area (Å²) in [5.74, 6) is 0. The number of ether oxygens (including phenoxy) is 1. The van der Waals surface area contributed by atoms with E-state index < -0.39 is 8.07 Å². The van der Waals surface area contributed by atoms with Crippen molar-refractivity contribution < 1.29 is 4.74 Å². The van der Waals surface area contributed by atoms with Crippen LogP contribution in [0.2, 0.25) is 25.7 Å². The van der Waals surface area contributed by atoms with Crippen molar-refractivity contribution in [2.24, 2.45) is 0 Å². The van der Waals surface area contributed by atoms with Gasteiger partial charge in [-0.05, 0) is 18.2 Å². The first-order valence-corrected chi connectivity index (χ1v) is 8.72. The Morgan fingerprint density at radius 2 is 2.07 bits per heavy atom. The standard InChI is InChI=1S/C10H20N2OSi/c1-14(2,3)9-8-13-10-12-7-5-4-6-11-12/h4-7,11H,8-10H2,1-3H3. The Labute approximate surface area is 87.4 Å². The zero-order valence-corrected chi connectivity index (χ0v) is 10.3. The molecule has 0 atom stereocenters. The summed E-state index contributed by atoms with van der Waals surface area (Å²) in [6, 6.07) is 1.22. The molecule has 0 saturated heterocycles. The van der Waals surface area contributed by atoms with E-state index >= 15 is 0 Å². The summed E-state index contributed by atoms with van der Waals surface area (Å²) in [4.78, 5) is 0. The lowest BCUT2D eigenvalue weighted by molar-refractivity contribution is 0.0441. The van der Waals surface area contributed by atoms with Gasteiger partial charge in [0.05, 0.1) is 0 Å². The fraction of sp³-hybridized carbons (Fsp3) is 0.600. The smallest absolute Gasteiger partial charge is 0.137 e. The van der Waals surface area contributed by atoms with Gasteiger partial charge in [-0.2, -0.15) is 0 Å². The van der Waals surface area contributed by atoms with Crippen LogP contribution in [0.4, 0.5) is 0 Å². The molecule has 0 spiro atoms. The first-order chi connectivity index (χ1) is 6.58. The normalized spacial score (nSPS) is 15.8. The highest BCUT2D eigenvalue weighted by Gasteiger charge is 2.12. The quantitative estimate of drug-likeness (QED) is 0.558. The Morgan fingerprint density at radius 1 is 1.29 bits per heavy atom. The summed E-state index contributed by atoms with van der Waals surface area (Å²) < 4.78 is 5.56.